The van der Waals surface area contributed by atoms with Gasteiger partial charge >= 0.3 is 0 Å². The Morgan fingerprint density at radius 2 is 2.22 bits per heavy atom. The fourth-order valence-electron chi connectivity index (χ4n) is 2.91. The number of benzene rings is 1. The molecule has 0 radical (unpaired) electrons. The number of H-pyrrole nitrogens is 1. The molecule has 122 valence electrons. The maximum Gasteiger partial charge on any atom is 0.290 e. The average molecular weight is 314 g/mol. The molecule has 3 rings (SSSR count). The zero-order valence-electron chi connectivity index (χ0n) is 13.3. The summed E-state index contributed by atoms with van der Waals surface area (Å²) in [6.45, 7) is 2.48. The van der Waals surface area contributed by atoms with Crippen molar-refractivity contribution in [2.45, 2.75) is 25.4 Å². The molecule has 2 N–H and O–H groups in total. The van der Waals surface area contributed by atoms with Crippen molar-refractivity contribution in [1.29, 1.82) is 0 Å². The second-order valence-corrected chi connectivity index (χ2v) is 5.76. The van der Waals surface area contributed by atoms with Crippen LogP contribution in [0.2, 0.25) is 0 Å². The predicted octanol–water partition coefficient (Wildman–Crippen LogP) is 1.54. The lowest BCUT2D eigenvalue weighted by Gasteiger charge is -2.33. The zero-order chi connectivity index (χ0) is 16.1. The van der Waals surface area contributed by atoms with Crippen LogP contribution in [-0.4, -0.2) is 36.2 Å². The van der Waals surface area contributed by atoms with E-state index in [0.717, 1.165) is 38.2 Å². The van der Waals surface area contributed by atoms with Gasteiger partial charge in [0.05, 0.1) is 7.11 Å². The maximum absolute atomic E-state index is 11.9. The third-order valence-electron chi connectivity index (χ3n) is 4.16. The minimum absolute atomic E-state index is 0.122. The number of hydrogen-bond acceptors (Lipinski definition) is 5. The number of hydrogen-bond donors (Lipinski definition) is 2. The van der Waals surface area contributed by atoms with Crippen LogP contribution in [-0.2, 0) is 6.54 Å². The Bertz CT molecular complexity index is 683. The fraction of sp³-hybridized carbons (Fsp3) is 0.412. The van der Waals surface area contributed by atoms with Crippen molar-refractivity contribution >= 4 is 5.82 Å². The van der Waals surface area contributed by atoms with Crippen LogP contribution in [0.25, 0.3) is 0 Å². The summed E-state index contributed by atoms with van der Waals surface area (Å²) < 4.78 is 5.17. The number of ether oxygens (including phenoxy) is 1. The Kier molecular flexibility index (Phi) is 4.92. The molecular formula is C17H22N4O2. The molecule has 2 heterocycles. The van der Waals surface area contributed by atoms with Crippen LogP contribution in [0.1, 0.15) is 18.4 Å². The highest BCUT2D eigenvalue weighted by Crippen LogP contribution is 2.15. The smallest absolute Gasteiger partial charge is 0.290 e. The van der Waals surface area contributed by atoms with E-state index >= 15 is 0 Å². The van der Waals surface area contributed by atoms with Crippen molar-refractivity contribution in [2.75, 3.05) is 25.1 Å². The number of aromatic nitrogens is 2. The molecule has 0 saturated carbocycles. The second-order valence-electron chi connectivity index (χ2n) is 5.76. The summed E-state index contributed by atoms with van der Waals surface area (Å²) in [5, 5.41) is 3.57. The summed E-state index contributed by atoms with van der Waals surface area (Å²) in [4.78, 5) is 20.8. The highest BCUT2D eigenvalue weighted by atomic mass is 16.5. The van der Waals surface area contributed by atoms with Gasteiger partial charge in [0.25, 0.3) is 5.56 Å². The third-order valence-corrected chi connectivity index (χ3v) is 4.16. The van der Waals surface area contributed by atoms with Crippen LogP contribution in [0.5, 0.6) is 5.75 Å². The minimum Gasteiger partial charge on any atom is -0.497 e. The Morgan fingerprint density at radius 1 is 1.39 bits per heavy atom. The van der Waals surface area contributed by atoms with Crippen LogP contribution in [0.15, 0.2) is 41.5 Å². The van der Waals surface area contributed by atoms with Gasteiger partial charge in [-0.3, -0.25) is 4.79 Å². The lowest BCUT2D eigenvalue weighted by atomic mass is 10.1. The molecule has 1 aliphatic rings. The molecule has 6 nitrogen and oxygen atoms in total. The molecule has 6 heteroatoms. The van der Waals surface area contributed by atoms with Crippen LogP contribution in [0.3, 0.4) is 0 Å². The Labute approximate surface area is 135 Å². The van der Waals surface area contributed by atoms with Crippen molar-refractivity contribution in [3.8, 4) is 5.75 Å². The van der Waals surface area contributed by atoms with Gasteiger partial charge in [0, 0.05) is 38.1 Å². The van der Waals surface area contributed by atoms with Gasteiger partial charge in [0.15, 0.2) is 5.82 Å². The van der Waals surface area contributed by atoms with Gasteiger partial charge in [-0.25, -0.2) is 4.98 Å². The van der Waals surface area contributed by atoms with Gasteiger partial charge in [-0.05, 0) is 30.5 Å². The molecule has 2 aromatic rings. The third kappa shape index (κ3) is 3.90. The highest BCUT2D eigenvalue weighted by Gasteiger charge is 2.22. The Balaban J connectivity index is 1.58. The quantitative estimate of drug-likeness (QED) is 0.876. The lowest BCUT2D eigenvalue weighted by molar-refractivity contribution is 0.412. The summed E-state index contributed by atoms with van der Waals surface area (Å²) in [6, 6.07) is 8.42. The number of methoxy groups -OCH3 is 1. The van der Waals surface area contributed by atoms with E-state index in [9.17, 15) is 4.79 Å². The van der Waals surface area contributed by atoms with E-state index in [-0.39, 0.29) is 5.56 Å². The molecular weight excluding hydrogens is 292 g/mol. The number of nitrogens with one attached hydrogen (secondary N) is 2. The van der Waals surface area contributed by atoms with E-state index in [1.807, 2.05) is 12.1 Å². The van der Waals surface area contributed by atoms with Crippen LogP contribution in [0.4, 0.5) is 5.82 Å². The number of piperidine rings is 1. The van der Waals surface area contributed by atoms with Crippen molar-refractivity contribution in [3.63, 3.8) is 0 Å². The summed E-state index contributed by atoms with van der Waals surface area (Å²) in [5.41, 5.74) is 1.10. The van der Waals surface area contributed by atoms with Crippen LogP contribution in [0, 0.1) is 0 Å². The molecule has 1 saturated heterocycles. The summed E-state index contributed by atoms with van der Waals surface area (Å²) in [7, 11) is 1.67. The fourth-order valence-corrected chi connectivity index (χ4v) is 2.91. The standard InChI is InChI=1S/C17H22N4O2/c1-23-15-6-4-13(5-7-15)11-20-14-3-2-10-21(12-14)16-17(22)19-9-8-18-16/h4-9,14,20H,2-3,10-12H2,1H3,(H,19,22)/t14-/m1/s1. The molecule has 1 atom stereocenters. The Morgan fingerprint density at radius 3 is 2.96 bits per heavy atom. The normalized spacial score (nSPS) is 18.0. The van der Waals surface area contributed by atoms with E-state index < -0.39 is 0 Å². The minimum atomic E-state index is -0.122. The first-order valence-electron chi connectivity index (χ1n) is 7.91. The molecule has 0 spiro atoms. The van der Waals surface area contributed by atoms with E-state index in [4.69, 9.17) is 4.74 Å². The van der Waals surface area contributed by atoms with Crippen molar-refractivity contribution < 1.29 is 4.74 Å². The zero-order valence-corrected chi connectivity index (χ0v) is 13.3. The summed E-state index contributed by atoms with van der Waals surface area (Å²) in [5.74, 6) is 1.38. The number of aromatic amines is 1. The maximum atomic E-state index is 11.9. The summed E-state index contributed by atoms with van der Waals surface area (Å²) >= 11 is 0. The van der Waals surface area contributed by atoms with Crippen molar-refractivity contribution in [2.24, 2.45) is 0 Å². The van der Waals surface area contributed by atoms with Gasteiger partial charge in [-0.2, -0.15) is 0 Å². The SMILES string of the molecule is COc1ccc(CN[C@@H]2CCCN(c3ncc[nH]c3=O)C2)cc1. The molecule has 0 amide bonds. The van der Waals surface area contributed by atoms with Crippen molar-refractivity contribution in [1.82, 2.24) is 15.3 Å². The van der Waals surface area contributed by atoms with Gasteiger partial charge in [0.1, 0.15) is 5.75 Å². The molecule has 0 bridgehead atoms. The number of rotatable bonds is 5. The average Bonchev–Trinajstić information content (AvgIpc) is 2.61. The first-order valence-corrected chi connectivity index (χ1v) is 7.91. The number of anilines is 1. The second kappa shape index (κ2) is 7.28. The van der Waals surface area contributed by atoms with Crippen LogP contribution >= 0.6 is 0 Å². The predicted molar refractivity (Wildman–Crippen MR) is 89.9 cm³/mol. The first-order chi connectivity index (χ1) is 11.3. The summed E-state index contributed by atoms with van der Waals surface area (Å²) in [6.07, 6.45) is 5.36. The largest absolute Gasteiger partial charge is 0.497 e. The molecule has 1 fully saturated rings. The molecule has 1 aromatic heterocycles. The molecule has 0 aliphatic carbocycles. The molecule has 1 aliphatic heterocycles. The first kappa shape index (κ1) is 15.6. The molecule has 1 aromatic carbocycles. The van der Waals surface area contributed by atoms with Gasteiger partial charge < -0.3 is 19.9 Å². The number of nitrogens with zero attached hydrogens (tertiary/aromatic N) is 2. The van der Waals surface area contributed by atoms with E-state index in [1.165, 1.54) is 5.56 Å². The van der Waals surface area contributed by atoms with Gasteiger partial charge in [-0.15, -0.1) is 0 Å². The molecule has 23 heavy (non-hydrogen) atoms. The van der Waals surface area contributed by atoms with Crippen LogP contribution < -0.4 is 20.5 Å². The highest BCUT2D eigenvalue weighted by molar-refractivity contribution is 5.36. The molecule has 0 unspecified atom stereocenters. The topological polar surface area (TPSA) is 70.2 Å². The lowest BCUT2D eigenvalue weighted by Crippen LogP contribution is -2.47. The van der Waals surface area contributed by atoms with Crippen molar-refractivity contribution in [3.05, 3.63) is 52.6 Å². The van der Waals surface area contributed by atoms with E-state index in [0.29, 0.717) is 11.9 Å². The van der Waals surface area contributed by atoms with E-state index in [2.05, 4.69) is 32.3 Å². The monoisotopic (exact) mass is 314 g/mol. The van der Waals surface area contributed by atoms with Gasteiger partial charge in [0.2, 0.25) is 0 Å². The Hall–Kier alpha value is -2.34. The van der Waals surface area contributed by atoms with Gasteiger partial charge in [-0.1, -0.05) is 12.1 Å². The van der Waals surface area contributed by atoms with E-state index in [1.54, 1.807) is 19.5 Å².